The van der Waals surface area contributed by atoms with Crippen molar-refractivity contribution in [1.82, 2.24) is 15.6 Å². The topological polar surface area (TPSA) is 80.3 Å². The van der Waals surface area contributed by atoms with E-state index in [9.17, 15) is 9.59 Å². The van der Waals surface area contributed by atoms with Crippen molar-refractivity contribution in [2.45, 2.75) is 65.0 Å². The Balaban J connectivity index is 1.66. The largest absolute Gasteiger partial charge is 0.444 e. The summed E-state index contributed by atoms with van der Waals surface area (Å²) in [5, 5.41) is 6.91. The molecule has 7 heteroatoms. The lowest BCUT2D eigenvalue weighted by atomic mass is 9.95. The molecule has 3 rings (SSSR count). The fraction of sp³-hybridized carbons (Fsp3) is 0.522. The van der Waals surface area contributed by atoms with E-state index in [0.717, 1.165) is 23.5 Å². The van der Waals surface area contributed by atoms with E-state index in [1.165, 1.54) is 16.9 Å². The number of carbonyl (C=O) groups is 2. The van der Waals surface area contributed by atoms with E-state index >= 15 is 0 Å². The molecule has 1 aromatic heterocycles. The van der Waals surface area contributed by atoms with Crippen LogP contribution in [0, 0.1) is 12.8 Å². The molecular weight excluding hydrogens is 398 g/mol. The normalized spacial score (nSPS) is 15.9. The number of ether oxygens (including phenoxy) is 1. The molecule has 1 aliphatic carbocycles. The average Bonchev–Trinajstić information content (AvgIpc) is 3.44. The van der Waals surface area contributed by atoms with E-state index in [4.69, 9.17) is 4.74 Å². The number of hydrogen-bond donors (Lipinski definition) is 2. The lowest BCUT2D eigenvalue weighted by Crippen LogP contribution is -2.55. The quantitative estimate of drug-likeness (QED) is 0.681. The van der Waals surface area contributed by atoms with Crippen LogP contribution in [0.2, 0.25) is 0 Å². The molecule has 162 valence electrons. The number of aryl methyl sites for hydroxylation is 1. The SMILES string of the molecule is Cc1nc(Cc2ccccc2)sc1C(=O)NC(C)(CNC(=O)OC(C)(C)C)C1CC1. The first-order chi connectivity index (χ1) is 14.1. The number of nitrogens with zero attached hydrogens (tertiary/aromatic N) is 1. The Labute approximate surface area is 182 Å². The van der Waals surface area contributed by atoms with E-state index in [0.29, 0.717) is 23.8 Å². The van der Waals surface area contributed by atoms with Gasteiger partial charge < -0.3 is 15.4 Å². The van der Waals surface area contributed by atoms with Crippen molar-refractivity contribution in [3.8, 4) is 0 Å². The number of hydrogen-bond acceptors (Lipinski definition) is 5. The molecule has 1 aromatic carbocycles. The number of benzene rings is 1. The van der Waals surface area contributed by atoms with Crippen LogP contribution in [-0.4, -0.2) is 34.7 Å². The van der Waals surface area contributed by atoms with Crippen LogP contribution >= 0.6 is 11.3 Å². The van der Waals surface area contributed by atoms with Gasteiger partial charge in [-0.25, -0.2) is 9.78 Å². The Morgan fingerprint density at radius 2 is 1.83 bits per heavy atom. The third-order valence-corrected chi connectivity index (χ3v) is 6.28. The monoisotopic (exact) mass is 429 g/mol. The minimum atomic E-state index is -0.557. The van der Waals surface area contributed by atoms with E-state index in [-0.39, 0.29) is 5.91 Å². The van der Waals surface area contributed by atoms with Crippen LogP contribution in [0.5, 0.6) is 0 Å². The zero-order chi connectivity index (χ0) is 21.9. The number of amides is 2. The first-order valence-electron chi connectivity index (χ1n) is 10.4. The summed E-state index contributed by atoms with van der Waals surface area (Å²) in [6.45, 7) is 9.66. The number of carbonyl (C=O) groups excluding carboxylic acids is 2. The van der Waals surface area contributed by atoms with Gasteiger partial charge in [-0.1, -0.05) is 30.3 Å². The van der Waals surface area contributed by atoms with Crippen molar-refractivity contribution < 1.29 is 14.3 Å². The highest BCUT2D eigenvalue weighted by Crippen LogP contribution is 2.39. The maximum atomic E-state index is 13.1. The third-order valence-electron chi connectivity index (χ3n) is 5.12. The van der Waals surface area contributed by atoms with E-state index in [2.05, 4.69) is 27.8 Å². The predicted molar refractivity (Wildman–Crippen MR) is 119 cm³/mol. The summed E-state index contributed by atoms with van der Waals surface area (Å²) >= 11 is 1.43. The molecule has 2 N–H and O–H groups in total. The second-order valence-electron chi connectivity index (χ2n) is 9.19. The fourth-order valence-corrected chi connectivity index (χ4v) is 4.40. The Morgan fingerprint density at radius 3 is 2.43 bits per heavy atom. The highest BCUT2D eigenvalue weighted by Gasteiger charge is 2.43. The highest BCUT2D eigenvalue weighted by atomic mass is 32.1. The number of nitrogens with one attached hydrogen (secondary N) is 2. The van der Waals surface area contributed by atoms with Crippen molar-refractivity contribution in [2.75, 3.05) is 6.54 Å². The van der Waals surface area contributed by atoms with E-state index in [1.54, 1.807) is 0 Å². The molecule has 2 amide bonds. The molecule has 0 spiro atoms. The van der Waals surface area contributed by atoms with Crippen molar-refractivity contribution >= 4 is 23.3 Å². The van der Waals surface area contributed by atoms with Gasteiger partial charge in [-0.3, -0.25) is 4.79 Å². The van der Waals surface area contributed by atoms with Gasteiger partial charge in [0.1, 0.15) is 10.5 Å². The van der Waals surface area contributed by atoms with Gasteiger partial charge in [0.05, 0.1) is 16.2 Å². The number of thiazole rings is 1. The lowest BCUT2D eigenvalue weighted by Gasteiger charge is -2.31. The van der Waals surface area contributed by atoms with Gasteiger partial charge in [-0.15, -0.1) is 11.3 Å². The van der Waals surface area contributed by atoms with Gasteiger partial charge in [-0.05, 0) is 58.9 Å². The molecule has 0 saturated heterocycles. The van der Waals surface area contributed by atoms with Gasteiger partial charge in [0.2, 0.25) is 0 Å². The van der Waals surface area contributed by atoms with Gasteiger partial charge in [0.25, 0.3) is 5.91 Å². The summed E-state index contributed by atoms with van der Waals surface area (Å²) in [5.41, 5.74) is 0.826. The van der Waals surface area contributed by atoms with Crippen LogP contribution in [0.25, 0.3) is 0 Å². The van der Waals surface area contributed by atoms with Gasteiger partial charge >= 0.3 is 6.09 Å². The van der Waals surface area contributed by atoms with Crippen molar-refractivity contribution in [3.63, 3.8) is 0 Å². The first-order valence-corrected chi connectivity index (χ1v) is 11.2. The minimum absolute atomic E-state index is 0.135. The molecule has 1 saturated carbocycles. The van der Waals surface area contributed by atoms with Crippen LogP contribution in [0.4, 0.5) is 4.79 Å². The Kier molecular flexibility index (Phi) is 6.50. The van der Waals surface area contributed by atoms with Crippen LogP contribution in [0.15, 0.2) is 30.3 Å². The van der Waals surface area contributed by atoms with E-state index < -0.39 is 17.2 Å². The van der Waals surface area contributed by atoms with E-state index in [1.807, 2.05) is 52.8 Å². The number of aromatic nitrogens is 1. The minimum Gasteiger partial charge on any atom is -0.444 e. The summed E-state index contributed by atoms with van der Waals surface area (Å²) < 4.78 is 5.33. The molecule has 1 fully saturated rings. The van der Waals surface area contributed by atoms with Crippen molar-refractivity contribution in [1.29, 1.82) is 0 Å². The van der Waals surface area contributed by atoms with Crippen LogP contribution < -0.4 is 10.6 Å². The second kappa shape index (κ2) is 8.76. The van der Waals surface area contributed by atoms with Crippen molar-refractivity contribution in [2.24, 2.45) is 5.92 Å². The lowest BCUT2D eigenvalue weighted by molar-refractivity contribution is 0.0502. The maximum Gasteiger partial charge on any atom is 0.407 e. The zero-order valence-electron chi connectivity index (χ0n) is 18.4. The summed E-state index contributed by atoms with van der Waals surface area (Å²) in [4.78, 5) is 30.4. The summed E-state index contributed by atoms with van der Waals surface area (Å²) in [7, 11) is 0. The first kappa shape index (κ1) is 22.3. The van der Waals surface area contributed by atoms with Gasteiger partial charge in [-0.2, -0.15) is 0 Å². The Hall–Kier alpha value is -2.41. The third kappa shape index (κ3) is 6.05. The number of rotatable bonds is 7. The Morgan fingerprint density at radius 1 is 1.17 bits per heavy atom. The van der Waals surface area contributed by atoms with Crippen LogP contribution in [0.1, 0.15) is 66.5 Å². The molecule has 6 nitrogen and oxygen atoms in total. The second-order valence-corrected chi connectivity index (χ2v) is 10.3. The van der Waals surface area contributed by atoms with Crippen LogP contribution in [0.3, 0.4) is 0 Å². The molecule has 0 aliphatic heterocycles. The van der Waals surface area contributed by atoms with Gasteiger partial charge in [0, 0.05) is 13.0 Å². The molecule has 0 bridgehead atoms. The molecule has 1 atom stereocenters. The predicted octanol–water partition coefficient (Wildman–Crippen LogP) is 4.47. The maximum absolute atomic E-state index is 13.1. The fourth-order valence-electron chi connectivity index (χ4n) is 3.41. The smallest absolute Gasteiger partial charge is 0.407 e. The molecule has 1 unspecified atom stereocenters. The summed E-state index contributed by atoms with van der Waals surface area (Å²) in [5.74, 6) is 0.207. The average molecular weight is 430 g/mol. The number of alkyl carbamates (subject to hydrolysis) is 1. The molecule has 2 aromatic rings. The molecular formula is C23H31N3O3S. The zero-order valence-corrected chi connectivity index (χ0v) is 19.2. The van der Waals surface area contributed by atoms with Crippen molar-refractivity contribution in [3.05, 3.63) is 51.5 Å². The standard InChI is InChI=1S/C23H31N3O3S/c1-15-19(30-18(25-15)13-16-9-7-6-8-10-16)20(27)26-23(5,17-11-12-17)14-24-21(28)29-22(2,3)4/h6-10,17H,11-14H2,1-5H3,(H,24,28)(H,26,27). The molecule has 0 radical (unpaired) electrons. The summed E-state index contributed by atoms with van der Waals surface area (Å²) in [6, 6.07) is 10.1. The molecule has 30 heavy (non-hydrogen) atoms. The highest BCUT2D eigenvalue weighted by molar-refractivity contribution is 7.13. The van der Waals surface area contributed by atoms with Gasteiger partial charge in [0.15, 0.2) is 0 Å². The Bertz CT molecular complexity index is 900. The molecule has 1 aliphatic rings. The van der Waals surface area contributed by atoms with Crippen LogP contribution in [-0.2, 0) is 11.2 Å². The summed E-state index contributed by atoms with van der Waals surface area (Å²) in [6.07, 6.45) is 2.31. The molecule has 1 heterocycles.